The Morgan fingerprint density at radius 3 is 1.90 bits per heavy atom. The van der Waals surface area contributed by atoms with E-state index in [0.29, 0.717) is 0 Å². The maximum atomic E-state index is 13.1. The van der Waals surface area contributed by atoms with Gasteiger partial charge in [0.15, 0.2) is 0 Å². The maximum Gasteiger partial charge on any atom is 0.257 e. The van der Waals surface area contributed by atoms with Crippen LogP contribution in [-0.2, 0) is 4.57 Å². The van der Waals surface area contributed by atoms with Gasteiger partial charge in [0.05, 0.1) is 6.17 Å². The highest BCUT2D eigenvalue weighted by molar-refractivity contribution is 7.87. The van der Waals surface area contributed by atoms with Crippen LogP contribution in [-0.4, -0.2) is 23.7 Å². The van der Waals surface area contributed by atoms with Crippen molar-refractivity contribution in [2.75, 3.05) is 14.1 Å². The molecule has 21 heavy (non-hydrogen) atoms. The van der Waals surface area contributed by atoms with Crippen LogP contribution in [0.25, 0.3) is 0 Å². The summed E-state index contributed by atoms with van der Waals surface area (Å²) in [5.74, 6) is -0.296. The van der Waals surface area contributed by atoms with Gasteiger partial charge < -0.3 is 0 Å². The number of nitrogens with zero attached hydrogens (tertiary/aromatic N) is 2. The van der Waals surface area contributed by atoms with Crippen molar-refractivity contribution in [2.24, 2.45) is 0 Å². The molecule has 0 spiro atoms. The summed E-state index contributed by atoms with van der Waals surface area (Å²) in [6.07, 6.45) is -0.0836. The van der Waals surface area contributed by atoms with Gasteiger partial charge in [0.2, 0.25) is 0 Å². The Bertz CT molecular complexity index is 664. The van der Waals surface area contributed by atoms with Gasteiger partial charge in [-0.15, -0.1) is 0 Å². The fourth-order valence-corrected chi connectivity index (χ4v) is 6.12. The molecule has 0 bridgehead atoms. The van der Waals surface area contributed by atoms with Crippen molar-refractivity contribution in [3.63, 3.8) is 0 Å². The van der Waals surface area contributed by atoms with Gasteiger partial charge in [0, 0.05) is 0 Å². The molecule has 2 aromatic rings. The van der Waals surface area contributed by atoms with Crippen LogP contribution in [0.3, 0.4) is 0 Å². The molecule has 5 heteroatoms. The molecule has 1 heterocycles. The van der Waals surface area contributed by atoms with E-state index in [1.165, 1.54) is 0 Å². The molecule has 1 aliphatic heterocycles. The summed E-state index contributed by atoms with van der Waals surface area (Å²) in [6.45, 7) is -3.01. The zero-order valence-corrected chi connectivity index (χ0v) is 13.7. The van der Waals surface area contributed by atoms with Gasteiger partial charge in [-0.1, -0.05) is 60.7 Å². The average molecular weight is 321 g/mol. The first kappa shape index (κ1) is 14.8. The van der Waals surface area contributed by atoms with Crippen molar-refractivity contribution in [2.45, 2.75) is 11.9 Å². The summed E-state index contributed by atoms with van der Waals surface area (Å²) in [4.78, 5) is 2.10. The van der Waals surface area contributed by atoms with Gasteiger partial charge in [0.1, 0.15) is 5.78 Å². The van der Waals surface area contributed by atoms with Crippen LogP contribution in [0.15, 0.2) is 60.7 Å². The Morgan fingerprint density at radius 1 is 0.905 bits per heavy atom. The molecule has 3 unspecified atom stereocenters. The minimum Gasteiger partial charge on any atom is -0.287 e. The Balaban J connectivity index is 2.06. The lowest BCUT2D eigenvalue weighted by atomic mass is 10.1. The molecule has 0 N–H and O–H groups in total. The third-order valence-corrected chi connectivity index (χ3v) is 7.67. The predicted octanol–water partition coefficient (Wildman–Crippen LogP) is 4.69. The summed E-state index contributed by atoms with van der Waals surface area (Å²) in [5.41, 5.74) is 2.09. The second kappa shape index (κ2) is 5.58. The lowest BCUT2D eigenvalue weighted by Gasteiger charge is -2.25. The molecule has 1 fully saturated rings. The van der Waals surface area contributed by atoms with E-state index in [-0.39, 0.29) is 11.9 Å². The second-order valence-corrected chi connectivity index (χ2v) is 9.02. The Morgan fingerprint density at radius 2 is 1.38 bits per heavy atom. The third kappa shape index (κ3) is 2.45. The van der Waals surface area contributed by atoms with E-state index in [2.05, 4.69) is 4.90 Å². The molecule has 0 aliphatic carbocycles. The lowest BCUT2D eigenvalue weighted by molar-refractivity contribution is 0.177. The SMILES string of the molecule is CN1C(c2ccccc2)N(C)P(=O)(Cl)C1c1ccccc1. The van der Waals surface area contributed by atoms with E-state index in [4.69, 9.17) is 11.2 Å². The Kier molecular flexibility index (Phi) is 3.94. The first-order chi connectivity index (χ1) is 10.0. The smallest absolute Gasteiger partial charge is 0.257 e. The highest BCUT2D eigenvalue weighted by atomic mass is 35.7. The zero-order valence-electron chi connectivity index (χ0n) is 12.1. The van der Waals surface area contributed by atoms with Gasteiger partial charge in [-0.2, -0.15) is 0 Å². The minimum atomic E-state index is -3.01. The lowest BCUT2D eigenvalue weighted by Crippen LogP contribution is -2.26. The van der Waals surface area contributed by atoms with Crippen molar-refractivity contribution >= 4 is 17.9 Å². The highest BCUT2D eigenvalue weighted by Gasteiger charge is 2.52. The van der Waals surface area contributed by atoms with E-state index in [0.717, 1.165) is 11.1 Å². The van der Waals surface area contributed by atoms with Crippen molar-refractivity contribution in [3.05, 3.63) is 71.8 Å². The quantitative estimate of drug-likeness (QED) is 0.750. The van der Waals surface area contributed by atoms with Crippen molar-refractivity contribution < 1.29 is 4.57 Å². The number of benzene rings is 2. The molecule has 1 saturated heterocycles. The minimum absolute atomic E-state index is 0.0836. The molecule has 0 aromatic heterocycles. The van der Waals surface area contributed by atoms with Crippen LogP contribution in [0.1, 0.15) is 23.1 Å². The number of halogens is 1. The molecule has 3 nitrogen and oxygen atoms in total. The Labute approximate surface area is 130 Å². The van der Waals surface area contributed by atoms with Crippen LogP contribution in [0.2, 0.25) is 0 Å². The van der Waals surface area contributed by atoms with Crippen LogP contribution in [0.5, 0.6) is 0 Å². The molecule has 1 aliphatic rings. The van der Waals surface area contributed by atoms with Gasteiger partial charge in [-0.3, -0.25) is 9.46 Å². The maximum absolute atomic E-state index is 13.1. The summed E-state index contributed by atoms with van der Waals surface area (Å²) in [5, 5.41) is 0. The Hall–Kier alpha value is -1.12. The van der Waals surface area contributed by atoms with Gasteiger partial charge >= 0.3 is 0 Å². The topological polar surface area (TPSA) is 23.6 Å². The summed E-state index contributed by atoms with van der Waals surface area (Å²) < 4.78 is 14.9. The fourth-order valence-electron chi connectivity index (χ4n) is 3.06. The molecular formula is C16H18ClN2OP. The van der Waals surface area contributed by atoms with Gasteiger partial charge in [0.25, 0.3) is 6.65 Å². The first-order valence-corrected chi connectivity index (χ1v) is 9.51. The second-order valence-electron chi connectivity index (χ2n) is 5.35. The number of rotatable bonds is 2. The molecule has 110 valence electrons. The van der Waals surface area contributed by atoms with Gasteiger partial charge in [-0.25, -0.2) is 4.67 Å². The summed E-state index contributed by atoms with van der Waals surface area (Å²) in [6, 6.07) is 19.9. The van der Waals surface area contributed by atoms with Crippen LogP contribution < -0.4 is 0 Å². The van der Waals surface area contributed by atoms with Crippen molar-refractivity contribution in [3.8, 4) is 0 Å². The van der Waals surface area contributed by atoms with E-state index in [1.54, 1.807) is 0 Å². The van der Waals surface area contributed by atoms with E-state index < -0.39 is 6.65 Å². The van der Waals surface area contributed by atoms with E-state index >= 15 is 0 Å². The first-order valence-electron chi connectivity index (χ1n) is 6.88. The van der Waals surface area contributed by atoms with Crippen molar-refractivity contribution in [1.82, 2.24) is 9.57 Å². The van der Waals surface area contributed by atoms with Gasteiger partial charge in [-0.05, 0) is 36.5 Å². The van der Waals surface area contributed by atoms with Crippen LogP contribution in [0, 0.1) is 0 Å². The van der Waals surface area contributed by atoms with Crippen LogP contribution in [0.4, 0.5) is 0 Å². The molecular weight excluding hydrogens is 303 g/mol. The number of hydrogen-bond acceptors (Lipinski definition) is 2. The van der Waals surface area contributed by atoms with E-state index in [9.17, 15) is 4.57 Å². The third-order valence-electron chi connectivity index (χ3n) is 4.05. The molecule has 0 saturated carbocycles. The molecule has 3 atom stereocenters. The molecule has 0 radical (unpaired) electrons. The zero-order chi connectivity index (χ0) is 15.0. The summed E-state index contributed by atoms with van der Waals surface area (Å²) >= 11 is 6.50. The monoisotopic (exact) mass is 320 g/mol. The molecule has 0 amide bonds. The predicted molar refractivity (Wildman–Crippen MR) is 87.4 cm³/mol. The standard InChI is InChI=1S/C16H18ClN2OP/c1-18-15(13-9-5-3-6-10-13)19(2)21(17,20)16(18)14-11-7-4-8-12-14/h3-12,15-16H,1-2H3. The molecule has 3 rings (SSSR count). The molecule has 2 aromatic carbocycles. The largest absolute Gasteiger partial charge is 0.287 e. The summed E-state index contributed by atoms with van der Waals surface area (Å²) in [7, 11) is 3.82. The average Bonchev–Trinajstić information content (AvgIpc) is 2.67. The highest BCUT2D eigenvalue weighted by Crippen LogP contribution is 2.74. The normalized spacial score (nSPS) is 30.6. The fraction of sp³-hybridized carbons (Fsp3) is 0.250. The number of hydrogen-bond donors (Lipinski definition) is 0. The van der Waals surface area contributed by atoms with Crippen molar-refractivity contribution in [1.29, 1.82) is 0 Å². The van der Waals surface area contributed by atoms with Crippen LogP contribution >= 0.6 is 17.9 Å². The van der Waals surface area contributed by atoms with E-state index in [1.807, 2.05) is 79.4 Å².